The standard InChI is InChI=1S/C26H51NO7/c1-2-3-4-5-6-7-8-9-10-11-14-29-17-18-31-19-20-32-21-22-33-23-24-34-25-26(28)27-12-15-30-16-13-27/h2-25H2,1H3. The number of carbonyl (C=O) groups excluding carboxylic acids is 1. The van der Waals surface area contributed by atoms with Crippen molar-refractivity contribution in [3.63, 3.8) is 0 Å². The number of ether oxygens (including phenoxy) is 6. The Labute approximate surface area is 207 Å². The van der Waals surface area contributed by atoms with Crippen molar-refractivity contribution in [2.45, 2.75) is 71.1 Å². The lowest BCUT2D eigenvalue weighted by molar-refractivity contribution is -0.140. The lowest BCUT2D eigenvalue weighted by atomic mass is 10.1. The van der Waals surface area contributed by atoms with Crippen LogP contribution in [0.25, 0.3) is 0 Å². The van der Waals surface area contributed by atoms with Gasteiger partial charge in [-0.3, -0.25) is 4.79 Å². The Hall–Kier alpha value is -0.770. The molecule has 0 aliphatic carbocycles. The Balaban J connectivity index is 1.66. The fourth-order valence-corrected chi connectivity index (χ4v) is 3.63. The summed E-state index contributed by atoms with van der Waals surface area (Å²) >= 11 is 0. The van der Waals surface area contributed by atoms with Gasteiger partial charge in [0, 0.05) is 19.7 Å². The lowest BCUT2D eigenvalue weighted by Gasteiger charge is -2.26. The molecule has 1 saturated heterocycles. The van der Waals surface area contributed by atoms with E-state index in [1.54, 1.807) is 4.90 Å². The predicted molar refractivity (Wildman–Crippen MR) is 133 cm³/mol. The van der Waals surface area contributed by atoms with Crippen LogP contribution in [0.4, 0.5) is 0 Å². The second kappa shape index (κ2) is 25.3. The Kier molecular flexibility index (Phi) is 23.3. The highest BCUT2D eigenvalue weighted by molar-refractivity contribution is 5.77. The molecule has 0 aromatic heterocycles. The molecule has 8 heteroatoms. The molecule has 34 heavy (non-hydrogen) atoms. The fourth-order valence-electron chi connectivity index (χ4n) is 3.63. The van der Waals surface area contributed by atoms with E-state index < -0.39 is 0 Å². The van der Waals surface area contributed by atoms with Gasteiger partial charge < -0.3 is 33.3 Å². The van der Waals surface area contributed by atoms with Gasteiger partial charge in [-0.25, -0.2) is 0 Å². The van der Waals surface area contributed by atoms with Gasteiger partial charge in [-0.15, -0.1) is 0 Å². The van der Waals surface area contributed by atoms with E-state index in [0.29, 0.717) is 79.2 Å². The van der Waals surface area contributed by atoms with Crippen LogP contribution in [0.15, 0.2) is 0 Å². The summed E-state index contributed by atoms with van der Waals surface area (Å²) in [5.74, 6) is 0.0100. The normalized spacial score (nSPS) is 14.1. The van der Waals surface area contributed by atoms with Crippen LogP contribution in [0.1, 0.15) is 71.1 Å². The van der Waals surface area contributed by atoms with E-state index in [1.807, 2.05) is 0 Å². The van der Waals surface area contributed by atoms with E-state index in [2.05, 4.69) is 6.92 Å². The first-order chi connectivity index (χ1) is 16.8. The van der Waals surface area contributed by atoms with Gasteiger partial charge in [0.05, 0.1) is 66.1 Å². The number of hydrogen-bond donors (Lipinski definition) is 0. The largest absolute Gasteiger partial charge is 0.379 e. The molecule has 0 radical (unpaired) electrons. The summed E-state index contributed by atoms with van der Waals surface area (Å²) in [6.45, 7) is 9.94. The van der Waals surface area contributed by atoms with Gasteiger partial charge in [0.25, 0.3) is 0 Å². The van der Waals surface area contributed by atoms with E-state index >= 15 is 0 Å². The molecule has 1 aliphatic rings. The van der Waals surface area contributed by atoms with Crippen molar-refractivity contribution in [3.05, 3.63) is 0 Å². The van der Waals surface area contributed by atoms with E-state index in [1.165, 1.54) is 57.8 Å². The Morgan fingerprint density at radius 1 is 0.588 bits per heavy atom. The minimum atomic E-state index is 0.0100. The summed E-state index contributed by atoms with van der Waals surface area (Å²) in [6.07, 6.45) is 13.4. The highest BCUT2D eigenvalue weighted by Crippen LogP contribution is 2.10. The number of carbonyl (C=O) groups is 1. The Morgan fingerprint density at radius 3 is 1.50 bits per heavy atom. The van der Waals surface area contributed by atoms with E-state index in [-0.39, 0.29) is 12.5 Å². The molecule has 0 atom stereocenters. The van der Waals surface area contributed by atoms with Gasteiger partial charge in [0.1, 0.15) is 6.61 Å². The summed E-state index contributed by atoms with van der Waals surface area (Å²) in [4.78, 5) is 13.7. The second-order valence-electron chi connectivity index (χ2n) is 8.68. The van der Waals surface area contributed by atoms with Crippen molar-refractivity contribution in [2.75, 3.05) is 92.4 Å². The van der Waals surface area contributed by atoms with Crippen LogP contribution in [0.3, 0.4) is 0 Å². The topological polar surface area (TPSA) is 75.7 Å². The minimum Gasteiger partial charge on any atom is -0.379 e. The third-order valence-electron chi connectivity index (χ3n) is 5.72. The van der Waals surface area contributed by atoms with Crippen LogP contribution < -0.4 is 0 Å². The van der Waals surface area contributed by atoms with Crippen molar-refractivity contribution >= 4 is 5.91 Å². The van der Waals surface area contributed by atoms with Crippen molar-refractivity contribution in [1.82, 2.24) is 4.90 Å². The van der Waals surface area contributed by atoms with Crippen LogP contribution in [-0.2, 0) is 33.2 Å². The molecule has 1 fully saturated rings. The van der Waals surface area contributed by atoms with Crippen molar-refractivity contribution in [2.24, 2.45) is 0 Å². The molecule has 1 amide bonds. The molecule has 8 nitrogen and oxygen atoms in total. The number of amides is 1. The van der Waals surface area contributed by atoms with Crippen molar-refractivity contribution in [1.29, 1.82) is 0 Å². The number of morpholine rings is 1. The van der Waals surface area contributed by atoms with Crippen LogP contribution in [0.5, 0.6) is 0 Å². The van der Waals surface area contributed by atoms with Crippen molar-refractivity contribution in [3.8, 4) is 0 Å². The smallest absolute Gasteiger partial charge is 0.248 e. The molecule has 0 spiro atoms. The van der Waals surface area contributed by atoms with Crippen LogP contribution in [0, 0.1) is 0 Å². The van der Waals surface area contributed by atoms with E-state index in [4.69, 9.17) is 28.4 Å². The monoisotopic (exact) mass is 489 g/mol. The fraction of sp³-hybridized carbons (Fsp3) is 0.962. The first-order valence-electron chi connectivity index (χ1n) is 13.6. The summed E-state index contributed by atoms with van der Waals surface area (Å²) in [5.41, 5.74) is 0. The third-order valence-corrected chi connectivity index (χ3v) is 5.72. The maximum Gasteiger partial charge on any atom is 0.248 e. The van der Waals surface area contributed by atoms with Gasteiger partial charge >= 0.3 is 0 Å². The molecule has 0 aromatic carbocycles. The third kappa shape index (κ3) is 20.6. The van der Waals surface area contributed by atoms with Gasteiger partial charge in [-0.2, -0.15) is 0 Å². The van der Waals surface area contributed by atoms with Crippen LogP contribution in [-0.4, -0.2) is 103 Å². The predicted octanol–water partition coefficient (Wildman–Crippen LogP) is 3.85. The average molecular weight is 490 g/mol. The lowest BCUT2D eigenvalue weighted by Crippen LogP contribution is -2.42. The quantitative estimate of drug-likeness (QED) is 0.180. The summed E-state index contributed by atoms with van der Waals surface area (Å²) < 4.78 is 32.6. The van der Waals surface area contributed by atoms with Crippen LogP contribution in [0.2, 0.25) is 0 Å². The molecule has 1 aliphatic heterocycles. The maximum atomic E-state index is 11.9. The summed E-state index contributed by atoms with van der Waals surface area (Å²) in [6, 6.07) is 0. The molecule has 0 bridgehead atoms. The zero-order chi connectivity index (χ0) is 24.4. The number of unbranched alkanes of at least 4 members (excludes halogenated alkanes) is 9. The van der Waals surface area contributed by atoms with E-state index in [9.17, 15) is 4.79 Å². The molecule has 0 aromatic rings. The molecule has 0 unspecified atom stereocenters. The zero-order valence-corrected chi connectivity index (χ0v) is 21.8. The molecule has 202 valence electrons. The minimum absolute atomic E-state index is 0.0100. The zero-order valence-electron chi connectivity index (χ0n) is 21.8. The van der Waals surface area contributed by atoms with Gasteiger partial charge in [0.2, 0.25) is 5.91 Å². The van der Waals surface area contributed by atoms with Gasteiger partial charge in [-0.1, -0.05) is 64.7 Å². The average Bonchev–Trinajstić information content (AvgIpc) is 2.87. The van der Waals surface area contributed by atoms with E-state index in [0.717, 1.165) is 13.0 Å². The van der Waals surface area contributed by atoms with Gasteiger partial charge in [0.15, 0.2) is 0 Å². The second-order valence-corrected chi connectivity index (χ2v) is 8.68. The number of hydrogen-bond acceptors (Lipinski definition) is 7. The Morgan fingerprint density at radius 2 is 1.00 bits per heavy atom. The van der Waals surface area contributed by atoms with Crippen LogP contribution >= 0.6 is 0 Å². The summed E-state index contributed by atoms with van der Waals surface area (Å²) in [5, 5.41) is 0. The van der Waals surface area contributed by atoms with Crippen molar-refractivity contribution < 1.29 is 33.2 Å². The Bertz CT molecular complexity index is 433. The molecule has 0 saturated carbocycles. The maximum absolute atomic E-state index is 11.9. The summed E-state index contributed by atoms with van der Waals surface area (Å²) in [7, 11) is 0. The highest BCUT2D eigenvalue weighted by atomic mass is 16.6. The van der Waals surface area contributed by atoms with Gasteiger partial charge in [-0.05, 0) is 6.42 Å². The first-order valence-corrected chi connectivity index (χ1v) is 13.6. The molecular formula is C26H51NO7. The number of nitrogens with zero attached hydrogens (tertiary/aromatic N) is 1. The molecular weight excluding hydrogens is 438 g/mol. The SMILES string of the molecule is CCCCCCCCCCCCOCCOCCOCCOCCOCC(=O)N1CCOCC1. The molecule has 0 N–H and O–H groups in total. The molecule has 1 heterocycles. The highest BCUT2D eigenvalue weighted by Gasteiger charge is 2.16. The first kappa shape index (κ1) is 31.3. The number of rotatable bonds is 25. The molecule has 1 rings (SSSR count).